The minimum atomic E-state index is -4.34. The number of anilines is 1. The summed E-state index contributed by atoms with van der Waals surface area (Å²) in [6.07, 6.45) is -3.51. The van der Waals surface area contributed by atoms with Gasteiger partial charge in [-0.3, -0.25) is 9.69 Å². The van der Waals surface area contributed by atoms with Crippen LogP contribution in [0.4, 0.5) is 18.3 Å². The van der Waals surface area contributed by atoms with E-state index in [2.05, 4.69) is 20.1 Å². The van der Waals surface area contributed by atoms with Gasteiger partial charge in [-0.25, -0.2) is 4.98 Å². The summed E-state index contributed by atoms with van der Waals surface area (Å²) >= 11 is 3.12. The molecular weight excluding hydrogens is 518 g/mol. The van der Waals surface area contributed by atoms with Crippen LogP contribution in [0.3, 0.4) is 0 Å². The summed E-state index contributed by atoms with van der Waals surface area (Å²) in [4.78, 5) is 23.7. The van der Waals surface area contributed by atoms with E-state index in [-0.39, 0.29) is 36.8 Å². The van der Waals surface area contributed by atoms with E-state index in [1.165, 1.54) is 23.5 Å². The fourth-order valence-corrected chi connectivity index (χ4v) is 6.51. The van der Waals surface area contributed by atoms with Gasteiger partial charge in [-0.2, -0.15) is 13.2 Å². The number of carbonyl (C=O) groups is 1. The Hall–Kier alpha value is -0.980. The lowest BCUT2D eigenvalue weighted by atomic mass is 10.1. The molecule has 3 aliphatic rings. The number of aromatic nitrogens is 1. The Kier molecular flexibility index (Phi) is 8.66. The first-order valence-corrected chi connectivity index (χ1v) is 12.4. The zero-order valence-corrected chi connectivity index (χ0v) is 21.0. The molecule has 6 nitrogen and oxygen atoms in total. The average Bonchev–Trinajstić information content (AvgIpc) is 3.52. The number of hydrogen-bond acceptors (Lipinski definition) is 7. The van der Waals surface area contributed by atoms with Crippen molar-refractivity contribution in [2.24, 2.45) is 0 Å². The molecule has 0 bridgehead atoms. The monoisotopic (exact) mass is 543 g/mol. The second kappa shape index (κ2) is 10.7. The van der Waals surface area contributed by atoms with Gasteiger partial charge in [0.25, 0.3) is 0 Å². The van der Waals surface area contributed by atoms with E-state index in [0.717, 1.165) is 68.5 Å². The Bertz CT molecular complexity index is 965. The maximum atomic E-state index is 13.0. The lowest BCUT2D eigenvalue weighted by Gasteiger charge is -2.37. The highest BCUT2D eigenvalue weighted by Crippen LogP contribution is 2.35. The van der Waals surface area contributed by atoms with Crippen LogP contribution in [-0.2, 0) is 11.0 Å². The standard InChI is InChI=1S/C20H24F3N5OS2.2ClH/c21-20(22,23)13-1-2-15-17(9-13)31-19(25-15)27-5-3-26(4-6-27)14-10-16(24-11-14)18(29)28-7-8-30-12-28;;/h1-2,9,14,16,24H,3-8,10-12H2;2*1H/t14-,16-;;/m0../s1. The third-order valence-corrected chi connectivity index (χ3v) is 8.32. The number of fused-ring (bicyclic) bond motifs is 1. The number of nitrogens with one attached hydrogen (secondary N) is 1. The van der Waals surface area contributed by atoms with Crippen LogP contribution < -0.4 is 10.2 Å². The number of amides is 1. The molecule has 0 saturated carbocycles. The summed E-state index contributed by atoms with van der Waals surface area (Å²) < 4.78 is 39.5. The topological polar surface area (TPSA) is 51.7 Å². The number of carbonyl (C=O) groups excluding carboxylic acids is 1. The summed E-state index contributed by atoms with van der Waals surface area (Å²) in [5.41, 5.74) is -0.0257. The van der Waals surface area contributed by atoms with Crippen molar-refractivity contribution >= 4 is 69.2 Å². The number of nitrogens with zero attached hydrogens (tertiary/aromatic N) is 4. The van der Waals surface area contributed by atoms with E-state index < -0.39 is 11.7 Å². The molecule has 4 heterocycles. The normalized spacial score (nSPS) is 24.1. The van der Waals surface area contributed by atoms with Gasteiger partial charge in [0.1, 0.15) is 0 Å². The molecule has 3 fully saturated rings. The maximum Gasteiger partial charge on any atom is 0.416 e. The van der Waals surface area contributed by atoms with Gasteiger partial charge in [0.2, 0.25) is 5.91 Å². The Morgan fingerprint density at radius 2 is 1.88 bits per heavy atom. The van der Waals surface area contributed by atoms with Crippen molar-refractivity contribution < 1.29 is 18.0 Å². The minimum absolute atomic E-state index is 0. The van der Waals surface area contributed by atoms with Gasteiger partial charge in [0.15, 0.2) is 5.13 Å². The van der Waals surface area contributed by atoms with Crippen molar-refractivity contribution in [1.29, 1.82) is 0 Å². The summed E-state index contributed by atoms with van der Waals surface area (Å²) in [5, 5.41) is 4.18. The quantitative estimate of drug-likeness (QED) is 0.639. The Morgan fingerprint density at radius 1 is 1.12 bits per heavy atom. The highest BCUT2D eigenvalue weighted by atomic mass is 35.5. The fraction of sp³-hybridized carbons (Fsp3) is 0.600. The molecule has 13 heteroatoms. The van der Waals surface area contributed by atoms with E-state index in [1.807, 2.05) is 4.90 Å². The van der Waals surface area contributed by atoms with Gasteiger partial charge in [-0.15, -0.1) is 36.6 Å². The van der Waals surface area contributed by atoms with E-state index in [4.69, 9.17) is 0 Å². The molecule has 0 unspecified atom stereocenters. The molecule has 2 atom stereocenters. The lowest BCUT2D eigenvalue weighted by molar-refractivity contribution is -0.137. The molecule has 0 spiro atoms. The van der Waals surface area contributed by atoms with Gasteiger partial charge >= 0.3 is 6.18 Å². The number of thiazole rings is 1. The third kappa shape index (κ3) is 5.65. The number of rotatable bonds is 3. The molecule has 5 rings (SSSR count). The molecule has 0 radical (unpaired) electrons. The number of thioether (sulfide) groups is 1. The van der Waals surface area contributed by atoms with Crippen molar-refractivity contribution in [3.05, 3.63) is 23.8 Å². The molecule has 1 aromatic heterocycles. The molecule has 184 valence electrons. The number of halogens is 5. The summed E-state index contributed by atoms with van der Waals surface area (Å²) in [6, 6.07) is 3.99. The van der Waals surface area contributed by atoms with E-state index >= 15 is 0 Å². The van der Waals surface area contributed by atoms with Crippen LogP contribution in [0.2, 0.25) is 0 Å². The van der Waals surface area contributed by atoms with Crippen LogP contribution in [0.1, 0.15) is 12.0 Å². The van der Waals surface area contributed by atoms with Gasteiger partial charge in [-0.1, -0.05) is 11.3 Å². The van der Waals surface area contributed by atoms with Crippen LogP contribution in [-0.4, -0.2) is 83.7 Å². The van der Waals surface area contributed by atoms with Gasteiger partial charge in [-0.05, 0) is 24.6 Å². The predicted molar refractivity (Wildman–Crippen MR) is 132 cm³/mol. The van der Waals surface area contributed by atoms with Crippen molar-refractivity contribution in [3.63, 3.8) is 0 Å². The Balaban J connectivity index is 0.00000153. The highest BCUT2D eigenvalue weighted by Gasteiger charge is 2.37. The first-order chi connectivity index (χ1) is 14.9. The second-order valence-electron chi connectivity index (χ2n) is 8.19. The molecule has 3 aliphatic heterocycles. The highest BCUT2D eigenvalue weighted by molar-refractivity contribution is 7.99. The zero-order valence-electron chi connectivity index (χ0n) is 17.7. The van der Waals surface area contributed by atoms with Gasteiger partial charge in [0.05, 0.1) is 27.7 Å². The van der Waals surface area contributed by atoms with Crippen molar-refractivity contribution in [3.8, 4) is 0 Å². The Labute approximate surface area is 211 Å². The van der Waals surface area contributed by atoms with Crippen molar-refractivity contribution in [2.75, 3.05) is 55.8 Å². The van der Waals surface area contributed by atoms with Gasteiger partial charge < -0.3 is 15.1 Å². The van der Waals surface area contributed by atoms with Crippen LogP contribution in [0.15, 0.2) is 18.2 Å². The summed E-state index contributed by atoms with van der Waals surface area (Å²) in [6.45, 7) is 4.94. The van der Waals surface area contributed by atoms with E-state index in [0.29, 0.717) is 16.3 Å². The van der Waals surface area contributed by atoms with Crippen LogP contribution in [0.25, 0.3) is 10.2 Å². The molecule has 2 aromatic rings. The maximum absolute atomic E-state index is 13.0. The zero-order chi connectivity index (χ0) is 21.6. The number of hydrogen-bond donors (Lipinski definition) is 1. The summed E-state index contributed by atoms with van der Waals surface area (Å²) in [7, 11) is 0. The predicted octanol–water partition coefficient (Wildman–Crippen LogP) is 3.54. The minimum Gasteiger partial charge on any atom is -0.345 e. The largest absolute Gasteiger partial charge is 0.416 e. The molecular formula is C20H26Cl2F3N5OS2. The number of benzene rings is 1. The third-order valence-electron chi connectivity index (χ3n) is 6.28. The molecule has 1 amide bonds. The van der Waals surface area contributed by atoms with Crippen LogP contribution in [0, 0.1) is 0 Å². The smallest absolute Gasteiger partial charge is 0.345 e. The number of alkyl halides is 3. The van der Waals surface area contributed by atoms with E-state index in [1.54, 1.807) is 11.8 Å². The van der Waals surface area contributed by atoms with Crippen molar-refractivity contribution in [2.45, 2.75) is 24.7 Å². The average molecular weight is 544 g/mol. The molecule has 1 N–H and O–H groups in total. The first-order valence-electron chi connectivity index (χ1n) is 10.5. The molecule has 33 heavy (non-hydrogen) atoms. The van der Waals surface area contributed by atoms with Gasteiger partial charge in [0, 0.05) is 51.1 Å². The SMILES string of the molecule is Cl.Cl.O=C([C@@H]1C[C@H](N2CCN(c3nc4ccc(C(F)(F)F)cc4s3)CC2)CN1)N1CCSC1. The lowest BCUT2D eigenvalue weighted by Crippen LogP contribution is -2.51. The van der Waals surface area contributed by atoms with E-state index in [9.17, 15) is 18.0 Å². The van der Waals surface area contributed by atoms with Crippen LogP contribution >= 0.6 is 47.9 Å². The fourth-order valence-electron chi connectivity index (χ4n) is 4.49. The second-order valence-corrected chi connectivity index (χ2v) is 10.3. The molecule has 0 aliphatic carbocycles. The molecule has 1 aromatic carbocycles. The Morgan fingerprint density at radius 3 is 2.55 bits per heavy atom. The summed E-state index contributed by atoms with van der Waals surface area (Å²) in [5.74, 6) is 2.04. The molecule has 3 saturated heterocycles. The first kappa shape index (κ1) is 26.6. The van der Waals surface area contributed by atoms with Crippen LogP contribution in [0.5, 0.6) is 0 Å². The van der Waals surface area contributed by atoms with Crippen molar-refractivity contribution in [1.82, 2.24) is 20.1 Å². The number of piperazine rings is 1.